The highest BCUT2D eigenvalue weighted by atomic mass is 32.2. The number of sulfonamides is 1. The van der Waals surface area contributed by atoms with E-state index in [4.69, 9.17) is 9.84 Å². The number of aromatic carboxylic acids is 1. The first kappa shape index (κ1) is 24.2. The van der Waals surface area contributed by atoms with Crippen molar-refractivity contribution in [3.63, 3.8) is 0 Å². The third-order valence-electron chi connectivity index (χ3n) is 5.45. The van der Waals surface area contributed by atoms with Gasteiger partial charge in [0.15, 0.2) is 9.84 Å². The van der Waals surface area contributed by atoms with Crippen LogP contribution in [0.1, 0.15) is 30.1 Å². The summed E-state index contributed by atoms with van der Waals surface area (Å²) in [6.45, 7) is 2.78. The van der Waals surface area contributed by atoms with Gasteiger partial charge >= 0.3 is 5.97 Å². The summed E-state index contributed by atoms with van der Waals surface area (Å²) in [5.41, 5.74) is -0.188. The van der Waals surface area contributed by atoms with E-state index >= 15 is 0 Å². The van der Waals surface area contributed by atoms with Crippen LogP contribution in [-0.4, -0.2) is 64.7 Å². The largest absolute Gasteiger partial charge is 0.478 e. The molecule has 9 nitrogen and oxygen atoms in total. The van der Waals surface area contributed by atoms with Crippen molar-refractivity contribution in [2.24, 2.45) is 0 Å². The van der Waals surface area contributed by atoms with Crippen LogP contribution in [0.2, 0.25) is 0 Å². The van der Waals surface area contributed by atoms with Crippen LogP contribution in [0.5, 0.6) is 11.5 Å². The van der Waals surface area contributed by atoms with E-state index in [2.05, 4.69) is 9.62 Å². The predicted molar refractivity (Wildman–Crippen MR) is 118 cm³/mol. The van der Waals surface area contributed by atoms with Crippen LogP contribution < -0.4 is 9.46 Å². The molecule has 1 heterocycles. The fraction of sp³-hybridized carbons (Fsp3) is 0.381. The normalized spacial score (nSPS) is 18.4. The van der Waals surface area contributed by atoms with Gasteiger partial charge in [-0.3, -0.25) is 0 Å². The third kappa shape index (κ3) is 5.47. The fourth-order valence-electron chi connectivity index (χ4n) is 3.79. The zero-order valence-electron chi connectivity index (χ0n) is 18.0. The molecule has 0 aromatic heterocycles. The van der Waals surface area contributed by atoms with Gasteiger partial charge in [0.25, 0.3) is 0 Å². The molecule has 2 N–H and O–H groups in total. The lowest BCUT2D eigenvalue weighted by molar-refractivity contribution is 0.0696. The molecule has 2 unspecified atom stereocenters. The van der Waals surface area contributed by atoms with Crippen LogP contribution in [-0.2, 0) is 19.9 Å². The van der Waals surface area contributed by atoms with E-state index in [-0.39, 0.29) is 38.9 Å². The number of sulfone groups is 1. The summed E-state index contributed by atoms with van der Waals surface area (Å²) in [6, 6.07) is 8.96. The van der Waals surface area contributed by atoms with Gasteiger partial charge in [0.05, 0.1) is 10.5 Å². The Labute approximate surface area is 188 Å². The van der Waals surface area contributed by atoms with Crippen LogP contribution in [0, 0.1) is 0 Å². The molecule has 2 aromatic rings. The first-order chi connectivity index (χ1) is 14.9. The van der Waals surface area contributed by atoms with Gasteiger partial charge < -0.3 is 14.7 Å². The predicted octanol–water partition coefficient (Wildman–Crippen LogP) is 2.34. The molecular weight excluding hydrogens is 456 g/mol. The lowest BCUT2D eigenvalue weighted by Crippen LogP contribution is -2.45. The second kappa shape index (κ2) is 9.18. The molecule has 0 aliphatic carbocycles. The summed E-state index contributed by atoms with van der Waals surface area (Å²) in [5.74, 6) is -1.11. The third-order valence-corrected chi connectivity index (χ3v) is 8.14. The molecular formula is C21H26N2O7S2. The van der Waals surface area contributed by atoms with Gasteiger partial charge in [0, 0.05) is 18.3 Å². The zero-order chi connectivity index (χ0) is 23.7. The molecule has 2 aromatic carbocycles. The van der Waals surface area contributed by atoms with Crippen LogP contribution in [0.3, 0.4) is 0 Å². The summed E-state index contributed by atoms with van der Waals surface area (Å²) in [5, 5.41) is 9.11. The Kier molecular flexibility index (Phi) is 6.94. The lowest BCUT2D eigenvalue weighted by Gasteiger charge is -2.26. The highest BCUT2D eigenvalue weighted by molar-refractivity contribution is 7.90. The Morgan fingerprint density at radius 3 is 2.34 bits per heavy atom. The van der Waals surface area contributed by atoms with Crippen molar-refractivity contribution in [1.82, 2.24) is 9.62 Å². The topological polar surface area (TPSA) is 130 Å². The molecule has 1 fully saturated rings. The lowest BCUT2D eigenvalue weighted by atomic mass is 10.1. The number of carbonyl (C=O) groups is 1. The summed E-state index contributed by atoms with van der Waals surface area (Å²) < 4.78 is 58.0. The van der Waals surface area contributed by atoms with Gasteiger partial charge in [-0.25, -0.2) is 26.4 Å². The second-order valence-corrected chi connectivity index (χ2v) is 11.6. The van der Waals surface area contributed by atoms with Crippen molar-refractivity contribution in [2.75, 3.05) is 19.8 Å². The zero-order valence-corrected chi connectivity index (χ0v) is 19.6. The van der Waals surface area contributed by atoms with Crippen molar-refractivity contribution >= 4 is 25.8 Å². The average molecular weight is 483 g/mol. The molecule has 174 valence electrons. The molecule has 0 bridgehead atoms. The highest BCUT2D eigenvalue weighted by Crippen LogP contribution is 2.30. The Morgan fingerprint density at radius 1 is 1.16 bits per heavy atom. The molecule has 1 saturated heterocycles. The molecule has 1 aliphatic rings. The minimum absolute atomic E-state index is 0.0517. The summed E-state index contributed by atoms with van der Waals surface area (Å²) >= 11 is 0. The van der Waals surface area contributed by atoms with Gasteiger partial charge in [-0.1, -0.05) is 0 Å². The number of ether oxygens (including phenoxy) is 1. The number of rotatable bonds is 8. The molecule has 2 atom stereocenters. The number of likely N-dealkylation sites (N-methyl/N-ethyl adjacent to an activating group) is 1. The maximum Gasteiger partial charge on any atom is 0.335 e. The van der Waals surface area contributed by atoms with Crippen molar-refractivity contribution in [1.29, 1.82) is 0 Å². The number of likely N-dealkylation sites (tertiary alicyclic amines) is 1. The van der Waals surface area contributed by atoms with Gasteiger partial charge in [0.1, 0.15) is 16.4 Å². The summed E-state index contributed by atoms with van der Waals surface area (Å²) in [4.78, 5) is 13.1. The van der Waals surface area contributed by atoms with Crippen LogP contribution in [0.25, 0.3) is 0 Å². The highest BCUT2D eigenvalue weighted by Gasteiger charge is 2.29. The maximum atomic E-state index is 12.8. The first-order valence-electron chi connectivity index (χ1n) is 9.96. The van der Waals surface area contributed by atoms with Gasteiger partial charge in [-0.15, -0.1) is 0 Å². The van der Waals surface area contributed by atoms with E-state index in [1.54, 1.807) is 0 Å². The number of benzene rings is 2. The Hall–Kier alpha value is -2.47. The molecule has 0 spiro atoms. The number of carboxylic acids is 1. The standard InChI is InChI=1S/C21H26N2O7S2/c1-14(18-5-4-12-23(18)2)22-32(28,29)17-9-7-16(8-10-17)30-19-11-6-15(21(24)25)13-20(19)31(3,26)27/h6-11,13-14,18,22H,4-5,12H2,1-3H3,(H,24,25). The molecule has 0 amide bonds. The molecule has 1 aliphatic heterocycles. The fourth-order valence-corrected chi connectivity index (χ4v) is 5.88. The van der Waals surface area contributed by atoms with Gasteiger partial charge in [-0.2, -0.15) is 0 Å². The monoisotopic (exact) mass is 482 g/mol. The van der Waals surface area contributed by atoms with Crippen LogP contribution in [0.15, 0.2) is 52.3 Å². The molecule has 0 radical (unpaired) electrons. The minimum Gasteiger partial charge on any atom is -0.478 e. The van der Waals surface area contributed by atoms with Crippen molar-refractivity contribution in [3.05, 3.63) is 48.0 Å². The summed E-state index contributed by atoms with van der Waals surface area (Å²) in [7, 11) is -5.54. The minimum atomic E-state index is -3.77. The number of carboxylic acid groups (broad SMARTS) is 1. The quantitative estimate of drug-likeness (QED) is 0.586. The SMILES string of the molecule is CC(NS(=O)(=O)c1ccc(Oc2ccc(C(=O)O)cc2S(C)(=O)=O)cc1)C1CCCN1C. The van der Waals surface area contributed by atoms with Crippen molar-refractivity contribution in [3.8, 4) is 11.5 Å². The molecule has 0 saturated carbocycles. The van der Waals surface area contributed by atoms with Gasteiger partial charge in [0.2, 0.25) is 10.0 Å². The van der Waals surface area contributed by atoms with E-state index in [9.17, 15) is 21.6 Å². The van der Waals surface area contributed by atoms with Gasteiger partial charge in [-0.05, 0) is 75.8 Å². The van der Waals surface area contributed by atoms with E-state index in [1.807, 2.05) is 14.0 Å². The smallest absolute Gasteiger partial charge is 0.335 e. The van der Waals surface area contributed by atoms with E-state index in [0.717, 1.165) is 31.7 Å². The number of nitrogens with one attached hydrogen (secondary N) is 1. The number of nitrogens with zero attached hydrogens (tertiary/aromatic N) is 1. The second-order valence-electron chi connectivity index (χ2n) is 7.91. The summed E-state index contributed by atoms with van der Waals surface area (Å²) in [6.07, 6.45) is 2.91. The molecule has 3 rings (SSSR count). The number of hydrogen-bond acceptors (Lipinski definition) is 7. The Morgan fingerprint density at radius 2 is 1.81 bits per heavy atom. The molecule has 11 heteroatoms. The van der Waals surface area contributed by atoms with Crippen molar-refractivity contribution in [2.45, 2.75) is 41.6 Å². The number of hydrogen-bond donors (Lipinski definition) is 2. The maximum absolute atomic E-state index is 12.8. The molecule has 32 heavy (non-hydrogen) atoms. The van der Waals surface area contributed by atoms with E-state index in [0.29, 0.717) is 0 Å². The Balaban J connectivity index is 1.80. The van der Waals surface area contributed by atoms with Crippen molar-refractivity contribution < 1.29 is 31.5 Å². The van der Waals surface area contributed by atoms with E-state index in [1.165, 1.54) is 36.4 Å². The van der Waals surface area contributed by atoms with Crippen LogP contribution >= 0.6 is 0 Å². The van der Waals surface area contributed by atoms with Crippen LogP contribution in [0.4, 0.5) is 0 Å². The van der Waals surface area contributed by atoms with E-state index < -0.39 is 25.8 Å². The average Bonchev–Trinajstić information content (AvgIpc) is 3.13. The first-order valence-corrected chi connectivity index (χ1v) is 13.3. The Bertz CT molecular complexity index is 1210.